The fourth-order valence-corrected chi connectivity index (χ4v) is 4.06. The lowest BCUT2D eigenvalue weighted by Gasteiger charge is -2.04. The van der Waals surface area contributed by atoms with E-state index in [-0.39, 0.29) is 0 Å². The number of nitrogens with zero attached hydrogens (tertiary/aromatic N) is 2. The highest BCUT2D eigenvalue weighted by Crippen LogP contribution is 2.31. The van der Waals surface area contributed by atoms with Crippen LogP contribution < -0.4 is 9.47 Å². The number of hydrogen-bond acceptors (Lipinski definition) is 6. The van der Waals surface area contributed by atoms with Crippen molar-refractivity contribution >= 4 is 21.6 Å². The Morgan fingerprint density at radius 2 is 1.57 bits per heavy atom. The summed E-state index contributed by atoms with van der Waals surface area (Å²) in [5, 5.41) is 1.00. The Kier molecular flexibility index (Phi) is 4.91. The van der Waals surface area contributed by atoms with Crippen molar-refractivity contribution < 1.29 is 13.9 Å². The van der Waals surface area contributed by atoms with Crippen molar-refractivity contribution in [2.45, 2.75) is 6.61 Å². The highest BCUT2D eigenvalue weighted by molar-refractivity contribution is 7.21. The molecule has 0 N–H and O–H groups in total. The monoisotopic (exact) mass is 414 g/mol. The first kappa shape index (κ1) is 18.4. The summed E-state index contributed by atoms with van der Waals surface area (Å²) < 4.78 is 17.8. The molecule has 0 aliphatic rings. The third kappa shape index (κ3) is 3.77. The van der Waals surface area contributed by atoms with Gasteiger partial charge >= 0.3 is 0 Å². The molecule has 0 atom stereocenters. The maximum Gasteiger partial charge on any atom is 0.226 e. The number of benzene rings is 3. The first-order valence-corrected chi connectivity index (χ1v) is 10.3. The van der Waals surface area contributed by atoms with E-state index in [9.17, 15) is 0 Å². The highest BCUT2D eigenvalue weighted by atomic mass is 32.1. The molecular weight excluding hydrogens is 396 g/mol. The quantitative estimate of drug-likeness (QED) is 0.331. The van der Waals surface area contributed by atoms with E-state index in [1.54, 1.807) is 24.7 Å². The first-order valence-electron chi connectivity index (χ1n) is 9.46. The zero-order chi connectivity index (χ0) is 20.3. The minimum Gasteiger partial charge on any atom is -0.497 e. The van der Waals surface area contributed by atoms with Gasteiger partial charge in [0.1, 0.15) is 35.1 Å². The summed E-state index contributed by atoms with van der Waals surface area (Å²) in [6.07, 6.45) is 1.62. The lowest BCUT2D eigenvalue weighted by Crippen LogP contribution is -1.95. The Bertz CT molecular complexity index is 1240. The molecule has 0 radical (unpaired) electrons. The summed E-state index contributed by atoms with van der Waals surface area (Å²) in [6, 6.07) is 23.7. The number of hydrogen-bond donors (Lipinski definition) is 0. The number of ether oxygens (including phenoxy) is 2. The van der Waals surface area contributed by atoms with E-state index < -0.39 is 0 Å². The Balaban J connectivity index is 1.25. The second-order valence-corrected chi connectivity index (χ2v) is 7.70. The molecule has 2 aromatic heterocycles. The van der Waals surface area contributed by atoms with Crippen LogP contribution in [0, 0.1) is 0 Å². The molecule has 5 rings (SSSR count). The topological polar surface area (TPSA) is 57.4 Å². The van der Waals surface area contributed by atoms with Gasteiger partial charge in [-0.1, -0.05) is 12.1 Å². The minimum absolute atomic E-state index is 0.333. The predicted molar refractivity (Wildman–Crippen MR) is 118 cm³/mol. The van der Waals surface area contributed by atoms with E-state index in [1.165, 1.54) is 4.70 Å². The van der Waals surface area contributed by atoms with Gasteiger partial charge in [-0.05, 0) is 60.7 Å². The average molecular weight is 414 g/mol. The molecule has 0 saturated heterocycles. The molecule has 6 heteroatoms. The first-order chi connectivity index (χ1) is 14.8. The van der Waals surface area contributed by atoms with Gasteiger partial charge in [-0.25, -0.2) is 9.97 Å². The lowest BCUT2D eigenvalue weighted by atomic mass is 10.2. The summed E-state index contributed by atoms with van der Waals surface area (Å²) in [4.78, 5) is 9.20. The molecular formula is C24H18N2O3S. The van der Waals surface area contributed by atoms with Crippen molar-refractivity contribution in [1.29, 1.82) is 0 Å². The molecule has 148 valence electrons. The van der Waals surface area contributed by atoms with Crippen molar-refractivity contribution in [3.8, 4) is 33.5 Å². The fourth-order valence-electron chi connectivity index (χ4n) is 3.09. The van der Waals surface area contributed by atoms with Gasteiger partial charge in [0.2, 0.25) is 5.89 Å². The van der Waals surface area contributed by atoms with E-state index in [4.69, 9.17) is 18.9 Å². The number of oxazole rings is 1. The minimum atomic E-state index is 0.333. The van der Waals surface area contributed by atoms with Crippen molar-refractivity contribution in [1.82, 2.24) is 9.97 Å². The molecule has 0 saturated carbocycles. The molecule has 5 nitrogen and oxygen atoms in total. The predicted octanol–water partition coefficient (Wildman–Crippen LogP) is 6.21. The van der Waals surface area contributed by atoms with Gasteiger partial charge in [0, 0.05) is 11.1 Å². The van der Waals surface area contributed by atoms with Gasteiger partial charge in [-0.15, -0.1) is 11.3 Å². The smallest absolute Gasteiger partial charge is 0.226 e. The van der Waals surface area contributed by atoms with Crippen molar-refractivity contribution in [2.75, 3.05) is 7.11 Å². The summed E-state index contributed by atoms with van der Waals surface area (Å²) in [5.74, 6) is 2.12. The fraction of sp³-hybridized carbons (Fsp3) is 0.0833. The molecule has 3 aromatic carbocycles. The van der Waals surface area contributed by atoms with Gasteiger partial charge in [-0.3, -0.25) is 0 Å². The molecule has 2 heterocycles. The van der Waals surface area contributed by atoms with E-state index >= 15 is 0 Å². The van der Waals surface area contributed by atoms with Crippen LogP contribution in [0.2, 0.25) is 0 Å². The Hall–Kier alpha value is -3.64. The summed E-state index contributed by atoms with van der Waals surface area (Å²) in [5.41, 5.74) is 3.72. The van der Waals surface area contributed by atoms with Crippen LogP contribution in [0.4, 0.5) is 0 Å². The molecule has 0 aliphatic heterocycles. The number of methoxy groups -OCH3 is 1. The number of para-hydroxylation sites is 1. The molecule has 0 spiro atoms. The molecule has 0 fully saturated rings. The van der Waals surface area contributed by atoms with E-state index in [2.05, 4.69) is 11.1 Å². The van der Waals surface area contributed by atoms with Crippen LogP contribution in [0.25, 0.3) is 32.2 Å². The van der Waals surface area contributed by atoms with E-state index in [0.717, 1.165) is 38.8 Å². The zero-order valence-electron chi connectivity index (χ0n) is 16.2. The van der Waals surface area contributed by atoms with Crippen molar-refractivity contribution in [3.05, 3.63) is 84.8 Å². The maximum absolute atomic E-state index is 5.87. The van der Waals surface area contributed by atoms with Gasteiger partial charge in [0.15, 0.2) is 0 Å². The number of rotatable bonds is 6. The van der Waals surface area contributed by atoms with Crippen LogP contribution in [0.15, 0.2) is 83.5 Å². The number of thiazole rings is 1. The van der Waals surface area contributed by atoms with Crippen LogP contribution in [0.5, 0.6) is 11.5 Å². The lowest BCUT2D eigenvalue weighted by molar-refractivity contribution is 0.301. The van der Waals surface area contributed by atoms with Crippen molar-refractivity contribution in [2.24, 2.45) is 0 Å². The van der Waals surface area contributed by atoms with E-state index in [0.29, 0.717) is 12.5 Å². The normalized spacial score (nSPS) is 11.0. The van der Waals surface area contributed by atoms with Crippen LogP contribution >= 0.6 is 11.3 Å². The van der Waals surface area contributed by atoms with Gasteiger partial charge < -0.3 is 13.9 Å². The largest absolute Gasteiger partial charge is 0.497 e. The Morgan fingerprint density at radius 3 is 2.33 bits per heavy atom. The molecule has 0 amide bonds. The van der Waals surface area contributed by atoms with Crippen LogP contribution in [0.3, 0.4) is 0 Å². The van der Waals surface area contributed by atoms with Gasteiger partial charge in [0.05, 0.1) is 17.3 Å². The highest BCUT2D eigenvalue weighted by Gasteiger charge is 2.09. The zero-order valence-corrected chi connectivity index (χ0v) is 17.1. The molecule has 0 bridgehead atoms. The third-order valence-electron chi connectivity index (χ3n) is 4.67. The summed E-state index contributed by atoms with van der Waals surface area (Å²) >= 11 is 1.69. The Morgan fingerprint density at radius 1 is 0.833 bits per heavy atom. The summed E-state index contributed by atoms with van der Waals surface area (Å²) in [7, 11) is 1.64. The van der Waals surface area contributed by atoms with Crippen LogP contribution in [-0.2, 0) is 6.61 Å². The SMILES string of the molecule is COc1ccc(-c2nc(COc3ccc(-c4nc5ccccc5s4)cc3)co2)cc1. The number of aromatic nitrogens is 2. The standard InChI is InChI=1S/C24H18N2O3S/c1-27-19-10-6-16(7-11-19)23-25-18(15-29-23)14-28-20-12-8-17(9-13-20)24-26-21-4-2-3-5-22(21)30-24/h2-13,15H,14H2,1H3. The van der Waals surface area contributed by atoms with Crippen LogP contribution in [-0.4, -0.2) is 17.1 Å². The van der Waals surface area contributed by atoms with Crippen LogP contribution in [0.1, 0.15) is 5.69 Å². The molecule has 30 heavy (non-hydrogen) atoms. The average Bonchev–Trinajstić information content (AvgIpc) is 3.45. The van der Waals surface area contributed by atoms with E-state index in [1.807, 2.05) is 66.7 Å². The van der Waals surface area contributed by atoms with Crippen molar-refractivity contribution in [3.63, 3.8) is 0 Å². The summed E-state index contributed by atoms with van der Waals surface area (Å²) in [6.45, 7) is 0.333. The second-order valence-electron chi connectivity index (χ2n) is 6.67. The molecule has 0 aliphatic carbocycles. The Labute approximate surface area is 177 Å². The second kappa shape index (κ2) is 8.00. The number of fused-ring (bicyclic) bond motifs is 1. The van der Waals surface area contributed by atoms with Gasteiger partial charge in [-0.2, -0.15) is 0 Å². The maximum atomic E-state index is 5.87. The van der Waals surface area contributed by atoms with Gasteiger partial charge in [0.25, 0.3) is 0 Å². The molecule has 0 unspecified atom stereocenters. The third-order valence-corrected chi connectivity index (χ3v) is 5.76. The molecule has 5 aromatic rings.